The van der Waals surface area contributed by atoms with Gasteiger partial charge in [-0.05, 0) is 38.0 Å². The zero-order chi connectivity index (χ0) is 18.0. The summed E-state index contributed by atoms with van der Waals surface area (Å²) in [7, 11) is 0. The van der Waals surface area contributed by atoms with Gasteiger partial charge in [-0.1, -0.05) is 26.0 Å². The lowest BCUT2D eigenvalue weighted by Crippen LogP contribution is -2.21. The van der Waals surface area contributed by atoms with Gasteiger partial charge in [-0.3, -0.25) is 9.36 Å². The minimum Gasteiger partial charge on any atom is -0.372 e. The van der Waals surface area contributed by atoms with Gasteiger partial charge in [0, 0.05) is 37.1 Å². The van der Waals surface area contributed by atoms with Crippen molar-refractivity contribution in [2.45, 2.75) is 40.0 Å². The number of anilines is 1. The van der Waals surface area contributed by atoms with Crippen LogP contribution in [0.2, 0.25) is 0 Å². The fraction of sp³-hybridized carbons (Fsp3) is 0.400. The van der Waals surface area contributed by atoms with Gasteiger partial charge in [0.1, 0.15) is 5.69 Å². The van der Waals surface area contributed by atoms with Crippen LogP contribution in [0.25, 0.3) is 17.1 Å². The maximum atomic E-state index is 12.6. The summed E-state index contributed by atoms with van der Waals surface area (Å²) in [6, 6.07) is 8.42. The number of rotatable bonds is 6. The van der Waals surface area contributed by atoms with E-state index in [-0.39, 0.29) is 11.5 Å². The van der Waals surface area contributed by atoms with E-state index >= 15 is 0 Å². The maximum Gasteiger partial charge on any atom is 0.278 e. The van der Waals surface area contributed by atoms with Gasteiger partial charge in [0.15, 0.2) is 5.82 Å². The largest absolute Gasteiger partial charge is 0.372 e. The molecule has 0 amide bonds. The second-order valence-electron chi connectivity index (χ2n) is 6.39. The Balaban J connectivity index is 1.98. The van der Waals surface area contributed by atoms with Crippen molar-refractivity contribution in [1.82, 2.24) is 14.5 Å². The van der Waals surface area contributed by atoms with Crippen LogP contribution < -0.4 is 10.5 Å². The number of hydrogen-bond donors (Lipinski definition) is 1. The lowest BCUT2D eigenvalue weighted by Gasteiger charge is -2.21. The van der Waals surface area contributed by atoms with Crippen molar-refractivity contribution in [3.63, 3.8) is 0 Å². The second kappa shape index (κ2) is 7.13. The molecule has 1 unspecified atom stereocenters. The summed E-state index contributed by atoms with van der Waals surface area (Å²) < 4.78 is 1.64. The Morgan fingerprint density at radius 1 is 1.16 bits per heavy atom. The Hall–Kier alpha value is -2.56. The number of nitrogens with zero attached hydrogens (tertiary/aromatic N) is 3. The molecule has 0 aromatic heterocycles. The smallest absolute Gasteiger partial charge is 0.278 e. The molecule has 2 aliphatic rings. The fourth-order valence-corrected chi connectivity index (χ4v) is 3.10. The lowest BCUT2D eigenvalue weighted by molar-refractivity contribution is 0.707. The zero-order valence-corrected chi connectivity index (χ0v) is 15.4. The standard InChI is InChI=1S/C20H26N4O/c1-5-14(4)19-20(25)24-13-17(21-12-18(24)22-19)15-8-10-16(11-9-15)23(6-2)7-3/h8-14,21H,5-7H2,1-4H3. The highest BCUT2D eigenvalue weighted by Gasteiger charge is 2.18. The van der Waals surface area contributed by atoms with Crippen LogP contribution in [0.15, 0.2) is 41.5 Å². The highest BCUT2D eigenvalue weighted by atomic mass is 16.1. The van der Waals surface area contributed by atoms with Crippen LogP contribution in [0.5, 0.6) is 0 Å². The first-order valence-corrected chi connectivity index (χ1v) is 9.05. The van der Waals surface area contributed by atoms with E-state index < -0.39 is 0 Å². The maximum absolute atomic E-state index is 12.6. The number of nitrogens with one attached hydrogen (secondary N) is 1. The molecule has 5 nitrogen and oxygen atoms in total. The fourth-order valence-electron chi connectivity index (χ4n) is 3.10. The Morgan fingerprint density at radius 3 is 2.44 bits per heavy atom. The SMILES string of the molecule is CCC(C)c1nc2c[nH]c(-c3ccc(N(CC)CC)cc3)cn-2c1=O. The van der Waals surface area contributed by atoms with E-state index in [4.69, 9.17) is 0 Å². The second-order valence-corrected chi connectivity index (χ2v) is 6.39. The van der Waals surface area contributed by atoms with Crippen LogP contribution in [0.1, 0.15) is 45.7 Å². The van der Waals surface area contributed by atoms with E-state index in [1.807, 2.05) is 13.1 Å². The molecule has 2 heterocycles. The van der Waals surface area contributed by atoms with Crippen molar-refractivity contribution in [2.75, 3.05) is 18.0 Å². The number of benzene rings is 1. The molecule has 2 aliphatic heterocycles. The summed E-state index contributed by atoms with van der Waals surface area (Å²) in [5, 5.41) is 0. The molecule has 0 bridgehead atoms. The molecule has 25 heavy (non-hydrogen) atoms. The van der Waals surface area contributed by atoms with Gasteiger partial charge < -0.3 is 9.88 Å². The third kappa shape index (κ3) is 3.18. The molecule has 1 aromatic rings. The molecule has 0 saturated carbocycles. The van der Waals surface area contributed by atoms with E-state index in [1.54, 1.807) is 10.8 Å². The highest BCUT2D eigenvalue weighted by Crippen LogP contribution is 2.23. The molecular weight excluding hydrogens is 312 g/mol. The van der Waals surface area contributed by atoms with Gasteiger partial charge >= 0.3 is 0 Å². The summed E-state index contributed by atoms with van der Waals surface area (Å²) in [6.45, 7) is 10.4. The van der Waals surface area contributed by atoms with Crippen LogP contribution in [-0.4, -0.2) is 27.6 Å². The third-order valence-electron chi connectivity index (χ3n) is 4.92. The number of fused-ring (bicyclic) bond motifs is 1. The molecule has 1 aromatic carbocycles. The minimum atomic E-state index is -0.0145. The first-order valence-electron chi connectivity index (χ1n) is 9.05. The molecular formula is C20H26N4O. The molecule has 0 fully saturated rings. The predicted octanol–water partition coefficient (Wildman–Crippen LogP) is 4.03. The number of aromatic amines is 1. The number of aromatic nitrogens is 3. The third-order valence-corrected chi connectivity index (χ3v) is 4.92. The van der Waals surface area contributed by atoms with Crippen molar-refractivity contribution >= 4 is 5.69 Å². The van der Waals surface area contributed by atoms with Gasteiger partial charge in [-0.2, -0.15) is 0 Å². The van der Waals surface area contributed by atoms with E-state index in [9.17, 15) is 4.79 Å². The van der Waals surface area contributed by atoms with E-state index in [1.165, 1.54) is 5.69 Å². The quantitative estimate of drug-likeness (QED) is 0.738. The van der Waals surface area contributed by atoms with Crippen LogP contribution in [-0.2, 0) is 0 Å². The Morgan fingerprint density at radius 2 is 1.84 bits per heavy atom. The average molecular weight is 338 g/mol. The van der Waals surface area contributed by atoms with Crippen LogP contribution in [0.3, 0.4) is 0 Å². The molecule has 0 saturated heterocycles. The van der Waals surface area contributed by atoms with E-state index in [0.29, 0.717) is 11.5 Å². The molecule has 0 spiro atoms. The normalized spacial score (nSPS) is 12.5. The molecule has 132 valence electrons. The Bertz CT molecular complexity index is 858. The van der Waals surface area contributed by atoms with Gasteiger partial charge in [0.25, 0.3) is 5.56 Å². The van der Waals surface area contributed by atoms with Crippen molar-refractivity contribution in [2.24, 2.45) is 0 Å². The van der Waals surface area contributed by atoms with Crippen molar-refractivity contribution in [1.29, 1.82) is 0 Å². The van der Waals surface area contributed by atoms with Gasteiger partial charge in [-0.15, -0.1) is 0 Å². The van der Waals surface area contributed by atoms with Crippen LogP contribution in [0.4, 0.5) is 5.69 Å². The number of hydrogen-bond acceptors (Lipinski definition) is 3. The Labute approximate surface area is 148 Å². The molecule has 3 rings (SSSR count). The Kier molecular flexibility index (Phi) is 4.93. The van der Waals surface area contributed by atoms with Crippen LogP contribution in [0, 0.1) is 0 Å². The van der Waals surface area contributed by atoms with Gasteiger partial charge in [0.2, 0.25) is 0 Å². The first-order chi connectivity index (χ1) is 12.1. The minimum absolute atomic E-state index is 0.0145. The summed E-state index contributed by atoms with van der Waals surface area (Å²) in [4.78, 5) is 22.7. The average Bonchev–Trinajstić information content (AvgIpc) is 2.99. The topological polar surface area (TPSA) is 53.9 Å². The summed E-state index contributed by atoms with van der Waals surface area (Å²) in [5.74, 6) is 0.841. The van der Waals surface area contributed by atoms with Crippen molar-refractivity contribution in [3.8, 4) is 17.1 Å². The summed E-state index contributed by atoms with van der Waals surface area (Å²) >= 11 is 0. The van der Waals surface area contributed by atoms with E-state index in [2.05, 4.69) is 59.9 Å². The molecule has 5 heteroatoms. The highest BCUT2D eigenvalue weighted by molar-refractivity contribution is 5.63. The van der Waals surface area contributed by atoms with Gasteiger partial charge in [0.05, 0.1) is 5.69 Å². The number of H-pyrrole nitrogens is 1. The zero-order valence-electron chi connectivity index (χ0n) is 15.4. The van der Waals surface area contributed by atoms with Crippen molar-refractivity contribution in [3.05, 3.63) is 52.7 Å². The van der Waals surface area contributed by atoms with Crippen LogP contribution >= 0.6 is 0 Å². The summed E-state index contributed by atoms with van der Waals surface area (Å²) in [6.07, 6.45) is 4.56. The van der Waals surface area contributed by atoms with Crippen molar-refractivity contribution < 1.29 is 0 Å². The lowest BCUT2D eigenvalue weighted by atomic mass is 10.1. The van der Waals surface area contributed by atoms with Gasteiger partial charge in [-0.25, -0.2) is 4.98 Å². The monoisotopic (exact) mass is 338 g/mol. The first kappa shape index (κ1) is 17.3. The molecule has 0 aliphatic carbocycles. The molecule has 1 atom stereocenters. The van der Waals surface area contributed by atoms with E-state index in [0.717, 1.165) is 30.8 Å². The predicted molar refractivity (Wildman–Crippen MR) is 103 cm³/mol. The number of imidazole rings is 1. The summed E-state index contributed by atoms with van der Waals surface area (Å²) in [5.41, 5.74) is 3.80. The molecule has 0 radical (unpaired) electrons. The molecule has 1 N–H and O–H groups in total.